The monoisotopic (exact) mass is 262 g/mol. The molecule has 5 nitrogen and oxygen atoms in total. The molecule has 2 rings (SSSR count). The minimum Gasteiger partial charge on any atom is -0.353 e. The fourth-order valence-electron chi connectivity index (χ4n) is 1.87. The summed E-state index contributed by atoms with van der Waals surface area (Å²) in [5, 5.41) is 0. The maximum Gasteiger partial charge on any atom is 0.256 e. The summed E-state index contributed by atoms with van der Waals surface area (Å²) in [4.78, 5) is 15.8. The molecule has 0 amide bonds. The van der Waals surface area contributed by atoms with Crippen molar-refractivity contribution in [3.05, 3.63) is 17.7 Å². The average Bonchev–Trinajstić information content (AvgIpc) is 2.76. The van der Waals surface area contributed by atoms with Crippen LogP contribution in [0.3, 0.4) is 0 Å². The van der Waals surface area contributed by atoms with E-state index in [9.17, 15) is 4.79 Å². The lowest BCUT2D eigenvalue weighted by atomic mass is 10.2. The van der Waals surface area contributed by atoms with Gasteiger partial charge in [0.15, 0.2) is 6.29 Å². The van der Waals surface area contributed by atoms with Gasteiger partial charge in [0.2, 0.25) is 0 Å². The molecule has 1 atom stereocenters. The third-order valence-corrected chi connectivity index (χ3v) is 3.13. The van der Waals surface area contributed by atoms with Crippen LogP contribution < -0.4 is 0 Å². The second-order valence-corrected chi connectivity index (χ2v) is 4.53. The Morgan fingerprint density at radius 3 is 3.11 bits per heavy atom. The predicted octanol–water partition coefficient (Wildman–Crippen LogP) is 1.46. The molecule has 1 aromatic heterocycles. The van der Waals surface area contributed by atoms with Crippen LogP contribution in [-0.2, 0) is 16.5 Å². The fraction of sp³-hybridized carbons (Fsp3) is 0.571. The summed E-state index contributed by atoms with van der Waals surface area (Å²) in [7, 11) is 1.84. The highest BCUT2D eigenvalue weighted by molar-refractivity contribution is 6.08. The summed E-state index contributed by atoms with van der Waals surface area (Å²) in [5.74, 6) is 4.99. The Hall–Kier alpha value is -1.64. The van der Waals surface area contributed by atoms with Crippen molar-refractivity contribution in [2.24, 2.45) is 7.05 Å². The molecule has 0 N–H and O–H groups in total. The maximum absolute atomic E-state index is 11.8. The number of ether oxygens (including phenoxy) is 2. The first-order valence-electron chi connectivity index (χ1n) is 6.43. The number of hydrogen-bond acceptors (Lipinski definition) is 4. The van der Waals surface area contributed by atoms with Crippen molar-refractivity contribution >= 4 is 5.78 Å². The van der Waals surface area contributed by atoms with Crippen molar-refractivity contribution in [1.29, 1.82) is 0 Å². The standard InChI is InChI=1S/C14H18N2O3/c1-11-14(15-10-16(11)2)12(17)6-5-9-19-13-7-3-4-8-18-13/h10,13H,3-4,7-9H2,1-2H3. The Kier molecular flexibility index (Phi) is 4.72. The third kappa shape index (κ3) is 3.66. The lowest BCUT2D eigenvalue weighted by Crippen LogP contribution is -2.22. The van der Waals surface area contributed by atoms with Gasteiger partial charge >= 0.3 is 0 Å². The minimum atomic E-state index is -0.272. The number of imidazole rings is 1. The van der Waals surface area contributed by atoms with Crippen molar-refractivity contribution in [3.63, 3.8) is 0 Å². The van der Waals surface area contributed by atoms with Gasteiger partial charge in [0.1, 0.15) is 12.3 Å². The summed E-state index contributed by atoms with van der Waals surface area (Å²) in [6.45, 7) is 2.79. The molecule has 0 radical (unpaired) electrons. The molecule has 5 heteroatoms. The average molecular weight is 262 g/mol. The van der Waals surface area contributed by atoms with Crippen LogP contribution in [0.15, 0.2) is 6.33 Å². The Morgan fingerprint density at radius 2 is 2.47 bits per heavy atom. The zero-order valence-corrected chi connectivity index (χ0v) is 11.3. The molecule has 0 aromatic carbocycles. The van der Waals surface area contributed by atoms with Crippen molar-refractivity contribution in [3.8, 4) is 11.8 Å². The molecule has 1 fully saturated rings. The molecule has 1 aromatic rings. The van der Waals surface area contributed by atoms with Gasteiger partial charge in [-0.1, -0.05) is 5.92 Å². The highest BCUT2D eigenvalue weighted by Crippen LogP contribution is 2.13. The lowest BCUT2D eigenvalue weighted by molar-refractivity contribution is -0.154. The van der Waals surface area contributed by atoms with Crippen LogP contribution in [0.2, 0.25) is 0 Å². The van der Waals surface area contributed by atoms with Gasteiger partial charge in [-0.2, -0.15) is 0 Å². The Labute approximate surface area is 112 Å². The van der Waals surface area contributed by atoms with Gasteiger partial charge in [0.05, 0.1) is 6.33 Å². The van der Waals surface area contributed by atoms with E-state index in [1.165, 1.54) is 0 Å². The van der Waals surface area contributed by atoms with Gasteiger partial charge in [-0.3, -0.25) is 4.79 Å². The van der Waals surface area contributed by atoms with E-state index in [0.717, 1.165) is 31.6 Å². The Bertz CT molecular complexity index is 504. The smallest absolute Gasteiger partial charge is 0.256 e. The van der Waals surface area contributed by atoms with Crippen molar-refractivity contribution < 1.29 is 14.3 Å². The highest BCUT2D eigenvalue weighted by Gasteiger charge is 2.13. The number of Topliss-reactive ketones (excluding diaryl/α,β-unsaturated/α-hetero) is 1. The lowest BCUT2D eigenvalue weighted by Gasteiger charge is -2.21. The Balaban J connectivity index is 1.82. The van der Waals surface area contributed by atoms with Crippen LogP contribution in [-0.4, -0.2) is 34.8 Å². The number of aryl methyl sites for hydroxylation is 1. The molecule has 2 heterocycles. The van der Waals surface area contributed by atoms with E-state index >= 15 is 0 Å². The number of carbonyl (C=O) groups excluding carboxylic acids is 1. The molecule has 102 valence electrons. The quantitative estimate of drug-likeness (QED) is 0.470. The van der Waals surface area contributed by atoms with E-state index in [1.807, 2.05) is 14.0 Å². The predicted molar refractivity (Wildman–Crippen MR) is 69.6 cm³/mol. The first-order chi connectivity index (χ1) is 9.18. The van der Waals surface area contributed by atoms with E-state index in [4.69, 9.17) is 9.47 Å². The number of aromatic nitrogens is 2. The van der Waals surface area contributed by atoms with Gasteiger partial charge in [-0.25, -0.2) is 4.98 Å². The van der Waals surface area contributed by atoms with Crippen molar-refractivity contribution in [2.45, 2.75) is 32.5 Å². The first kappa shape index (κ1) is 13.8. The maximum atomic E-state index is 11.8. The second-order valence-electron chi connectivity index (χ2n) is 4.53. The largest absolute Gasteiger partial charge is 0.353 e. The number of hydrogen-bond donors (Lipinski definition) is 0. The van der Waals surface area contributed by atoms with E-state index in [-0.39, 0.29) is 18.7 Å². The molecule has 1 aliphatic heterocycles. The highest BCUT2D eigenvalue weighted by atomic mass is 16.7. The van der Waals surface area contributed by atoms with Crippen molar-refractivity contribution in [2.75, 3.05) is 13.2 Å². The Morgan fingerprint density at radius 1 is 1.63 bits per heavy atom. The minimum absolute atomic E-state index is 0.172. The van der Waals surface area contributed by atoms with Crippen molar-refractivity contribution in [1.82, 2.24) is 9.55 Å². The molecular weight excluding hydrogens is 244 g/mol. The molecule has 0 bridgehead atoms. The summed E-state index contributed by atoms with van der Waals surface area (Å²) in [6, 6.07) is 0. The van der Waals surface area contributed by atoms with Crippen LogP contribution in [0.25, 0.3) is 0 Å². The third-order valence-electron chi connectivity index (χ3n) is 3.13. The number of rotatable bonds is 3. The molecule has 1 aliphatic rings. The summed E-state index contributed by atoms with van der Waals surface area (Å²) >= 11 is 0. The number of ketones is 1. The van der Waals surface area contributed by atoms with E-state index in [2.05, 4.69) is 16.8 Å². The van der Waals surface area contributed by atoms with Crippen LogP contribution in [0.4, 0.5) is 0 Å². The van der Waals surface area contributed by atoms with E-state index < -0.39 is 0 Å². The summed E-state index contributed by atoms with van der Waals surface area (Å²) in [5.41, 5.74) is 1.22. The fourth-order valence-corrected chi connectivity index (χ4v) is 1.87. The molecule has 19 heavy (non-hydrogen) atoms. The van der Waals surface area contributed by atoms with E-state index in [0.29, 0.717) is 5.69 Å². The zero-order chi connectivity index (χ0) is 13.7. The number of carbonyl (C=O) groups is 1. The SMILES string of the molecule is Cc1c(C(=O)C#CCOC2CCCCO2)ncn1C. The molecule has 0 spiro atoms. The van der Waals surface area contributed by atoms with Gasteiger partial charge in [-0.05, 0) is 32.1 Å². The molecular formula is C14H18N2O3. The molecule has 1 unspecified atom stereocenters. The van der Waals surface area contributed by atoms with Crippen LogP contribution >= 0.6 is 0 Å². The van der Waals surface area contributed by atoms with Gasteiger partial charge in [-0.15, -0.1) is 0 Å². The van der Waals surface area contributed by atoms with E-state index in [1.54, 1.807) is 10.9 Å². The van der Waals surface area contributed by atoms with Gasteiger partial charge < -0.3 is 14.0 Å². The summed E-state index contributed by atoms with van der Waals surface area (Å²) < 4.78 is 12.6. The first-order valence-corrected chi connectivity index (χ1v) is 6.43. The normalized spacial score (nSPS) is 18.7. The van der Waals surface area contributed by atoms with Crippen LogP contribution in [0, 0.1) is 18.8 Å². The van der Waals surface area contributed by atoms with Gasteiger partial charge in [0.25, 0.3) is 5.78 Å². The van der Waals surface area contributed by atoms with Gasteiger partial charge in [0, 0.05) is 19.3 Å². The zero-order valence-electron chi connectivity index (χ0n) is 11.3. The number of nitrogens with zero attached hydrogens (tertiary/aromatic N) is 2. The second kappa shape index (κ2) is 6.50. The van der Waals surface area contributed by atoms with Crippen LogP contribution in [0.1, 0.15) is 35.4 Å². The topological polar surface area (TPSA) is 53.4 Å². The molecule has 0 saturated carbocycles. The summed E-state index contributed by atoms with van der Waals surface area (Å²) in [6.07, 6.45) is 4.54. The van der Waals surface area contributed by atoms with Crippen LogP contribution in [0.5, 0.6) is 0 Å². The molecule has 0 aliphatic carbocycles. The molecule has 1 saturated heterocycles.